The molecule has 6 rings (SSSR count). The van der Waals surface area contributed by atoms with Crippen molar-refractivity contribution in [1.82, 2.24) is 14.8 Å². The predicted octanol–water partition coefficient (Wildman–Crippen LogP) is 5.81. The number of anilines is 1. The fraction of sp³-hybridized carbons (Fsp3) is 0.154. The summed E-state index contributed by atoms with van der Waals surface area (Å²) >= 11 is 6.40. The molecule has 3 heterocycles. The summed E-state index contributed by atoms with van der Waals surface area (Å²) in [5.74, 6) is 2.18. The number of nitrogens with one attached hydrogen (secondary N) is 1. The number of fused-ring (bicyclic) bond motifs is 3. The number of hydrogen-bond acceptors (Lipinski definition) is 5. The van der Waals surface area contributed by atoms with Crippen molar-refractivity contribution in [3.8, 4) is 11.5 Å². The molecule has 0 aliphatic carbocycles. The minimum atomic E-state index is -0.402. The third kappa shape index (κ3) is 3.17. The Morgan fingerprint density at radius 1 is 1.06 bits per heavy atom. The zero-order chi connectivity index (χ0) is 22.5. The molecule has 1 N–H and O–H groups in total. The first-order chi connectivity index (χ1) is 16.1. The number of halogens is 1. The van der Waals surface area contributed by atoms with E-state index in [0.717, 1.165) is 39.5 Å². The number of aromatic nitrogens is 3. The van der Waals surface area contributed by atoms with Crippen molar-refractivity contribution in [2.75, 3.05) is 12.4 Å². The lowest BCUT2D eigenvalue weighted by Crippen LogP contribution is -2.32. The lowest BCUT2D eigenvalue weighted by molar-refractivity contribution is 0.217. The average Bonchev–Trinajstić information content (AvgIpc) is 3.31. The van der Waals surface area contributed by atoms with Gasteiger partial charge in [0.2, 0.25) is 5.95 Å². The molecule has 164 valence electrons. The van der Waals surface area contributed by atoms with Crippen LogP contribution in [0.15, 0.2) is 78.6 Å². The highest BCUT2D eigenvalue weighted by Gasteiger charge is 2.41. The Bertz CT molecular complexity index is 1390. The van der Waals surface area contributed by atoms with E-state index in [-0.39, 0.29) is 6.04 Å². The minimum absolute atomic E-state index is 0.221. The van der Waals surface area contributed by atoms with Crippen molar-refractivity contribution in [3.05, 3.63) is 106 Å². The standard InChI is InChI=1S/C26H21ClN4O2/c1-15-7-9-16(10-8-15)24-22-23(30-26-28-14-29-31(24)26)19-13-17(27)11-12-21(19)33-25(22)18-5-3-4-6-20(18)32-2/h3-14,24-25H,1-2H3,(H,28,29,30)/t24-,25+/m1/s1. The van der Waals surface area contributed by atoms with Crippen LogP contribution < -0.4 is 14.8 Å². The van der Waals surface area contributed by atoms with Gasteiger partial charge in [-0.05, 0) is 36.8 Å². The molecule has 3 aromatic carbocycles. The van der Waals surface area contributed by atoms with Crippen molar-refractivity contribution >= 4 is 23.2 Å². The zero-order valence-corrected chi connectivity index (χ0v) is 18.9. The van der Waals surface area contributed by atoms with Gasteiger partial charge in [0.25, 0.3) is 0 Å². The molecule has 0 saturated carbocycles. The van der Waals surface area contributed by atoms with Gasteiger partial charge in [0, 0.05) is 21.7 Å². The normalized spacial score (nSPS) is 18.5. The number of para-hydroxylation sites is 1. The Kier molecular flexibility index (Phi) is 4.62. The monoisotopic (exact) mass is 456 g/mol. The van der Waals surface area contributed by atoms with Crippen molar-refractivity contribution in [2.45, 2.75) is 19.1 Å². The summed E-state index contributed by atoms with van der Waals surface area (Å²) in [7, 11) is 1.68. The van der Waals surface area contributed by atoms with E-state index in [1.54, 1.807) is 13.4 Å². The molecule has 0 radical (unpaired) electrons. The maximum atomic E-state index is 6.65. The van der Waals surface area contributed by atoms with E-state index in [2.05, 4.69) is 46.6 Å². The quantitative estimate of drug-likeness (QED) is 0.421. The number of nitrogens with zero attached hydrogens (tertiary/aromatic N) is 3. The minimum Gasteiger partial charge on any atom is -0.496 e. The molecule has 2 aliphatic rings. The molecule has 1 aromatic heterocycles. The maximum absolute atomic E-state index is 6.65. The summed E-state index contributed by atoms with van der Waals surface area (Å²) in [6.07, 6.45) is 1.17. The molecule has 0 saturated heterocycles. The lowest BCUT2D eigenvalue weighted by Gasteiger charge is -2.39. The Balaban J connectivity index is 1.65. The Morgan fingerprint density at radius 2 is 1.88 bits per heavy atom. The molecule has 0 unspecified atom stereocenters. The SMILES string of the molecule is COc1ccccc1[C@@H]1Oc2ccc(Cl)cc2C2=C1[C@@H](c1ccc(C)cc1)n1ncnc1N2. The van der Waals surface area contributed by atoms with E-state index in [1.807, 2.05) is 47.1 Å². The molecule has 2 aliphatic heterocycles. The van der Waals surface area contributed by atoms with Crippen LogP contribution in [0.1, 0.15) is 34.4 Å². The number of methoxy groups -OCH3 is 1. The Hall–Kier alpha value is -3.77. The smallest absolute Gasteiger partial charge is 0.226 e. The highest BCUT2D eigenvalue weighted by Crippen LogP contribution is 2.52. The number of rotatable bonds is 3. The molecular formula is C26H21ClN4O2. The summed E-state index contributed by atoms with van der Waals surface area (Å²) in [4.78, 5) is 4.48. The molecule has 4 aromatic rings. The van der Waals surface area contributed by atoms with Gasteiger partial charge in [0.1, 0.15) is 23.9 Å². The first kappa shape index (κ1) is 19.9. The van der Waals surface area contributed by atoms with Gasteiger partial charge in [-0.1, -0.05) is 59.6 Å². The topological polar surface area (TPSA) is 61.2 Å². The first-order valence-electron chi connectivity index (χ1n) is 10.7. The van der Waals surface area contributed by atoms with Crippen LogP contribution in [-0.4, -0.2) is 21.9 Å². The third-order valence-electron chi connectivity index (χ3n) is 6.19. The first-order valence-corrected chi connectivity index (χ1v) is 11.1. The van der Waals surface area contributed by atoms with E-state index >= 15 is 0 Å². The van der Waals surface area contributed by atoms with Gasteiger partial charge in [0.15, 0.2) is 6.10 Å². The summed E-state index contributed by atoms with van der Waals surface area (Å²) in [6, 6.07) is 21.9. The van der Waals surface area contributed by atoms with Gasteiger partial charge in [-0.15, -0.1) is 0 Å². The van der Waals surface area contributed by atoms with Crippen LogP contribution in [-0.2, 0) is 0 Å². The molecule has 33 heavy (non-hydrogen) atoms. The van der Waals surface area contributed by atoms with Gasteiger partial charge in [-0.2, -0.15) is 10.1 Å². The molecule has 0 fully saturated rings. The van der Waals surface area contributed by atoms with Crippen LogP contribution in [0.25, 0.3) is 5.70 Å². The van der Waals surface area contributed by atoms with Crippen LogP contribution >= 0.6 is 11.6 Å². The second-order valence-electron chi connectivity index (χ2n) is 8.18. The summed E-state index contributed by atoms with van der Waals surface area (Å²) in [6.45, 7) is 2.08. The maximum Gasteiger partial charge on any atom is 0.226 e. The highest BCUT2D eigenvalue weighted by molar-refractivity contribution is 6.30. The predicted molar refractivity (Wildman–Crippen MR) is 128 cm³/mol. The molecular weight excluding hydrogens is 436 g/mol. The largest absolute Gasteiger partial charge is 0.496 e. The number of ether oxygens (including phenoxy) is 2. The van der Waals surface area contributed by atoms with Crippen LogP contribution in [0.5, 0.6) is 11.5 Å². The molecule has 0 amide bonds. The molecule has 7 heteroatoms. The van der Waals surface area contributed by atoms with Crippen molar-refractivity contribution < 1.29 is 9.47 Å². The third-order valence-corrected chi connectivity index (χ3v) is 6.43. The summed E-state index contributed by atoms with van der Waals surface area (Å²) in [5, 5.41) is 8.71. The second-order valence-corrected chi connectivity index (χ2v) is 8.61. The van der Waals surface area contributed by atoms with Gasteiger partial charge in [-0.25, -0.2) is 4.68 Å². The Morgan fingerprint density at radius 3 is 2.70 bits per heavy atom. The van der Waals surface area contributed by atoms with Crippen LogP contribution in [0.4, 0.5) is 5.95 Å². The summed E-state index contributed by atoms with van der Waals surface area (Å²) < 4.78 is 14.3. The highest BCUT2D eigenvalue weighted by atomic mass is 35.5. The van der Waals surface area contributed by atoms with Gasteiger partial charge >= 0.3 is 0 Å². The van der Waals surface area contributed by atoms with E-state index in [0.29, 0.717) is 11.0 Å². The lowest BCUT2D eigenvalue weighted by atomic mass is 9.84. The molecule has 0 spiro atoms. The van der Waals surface area contributed by atoms with Crippen molar-refractivity contribution in [2.24, 2.45) is 0 Å². The van der Waals surface area contributed by atoms with E-state index in [4.69, 9.17) is 21.1 Å². The number of benzene rings is 3. The van der Waals surface area contributed by atoms with E-state index in [9.17, 15) is 0 Å². The van der Waals surface area contributed by atoms with Crippen molar-refractivity contribution in [1.29, 1.82) is 0 Å². The fourth-order valence-electron chi connectivity index (χ4n) is 4.65. The fourth-order valence-corrected chi connectivity index (χ4v) is 4.82. The van der Waals surface area contributed by atoms with E-state index < -0.39 is 6.10 Å². The summed E-state index contributed by atoms with van der Waals surface area (Å²) in [5.41, 5.74) is 6.08. The average molecular weight is 457 g/mol. The molecule has 2 atom stereocenters. The molecule has 0 bridgehead atoms. The van der Waals surface area contributed by atoms with Crippen molar-refractivity contribution in [3.63, 3.8) is 0 Å². The van der Waals surface area contributed by atoms with E-state index in [1.165, 1.54) is 5.56 Å². The Labute approximate surface area is 196 Å². The van der Waals surface area contributed by atoms with Crippen LogP contribution in [0.2, 0.25) is 5.02 Å². The van der Waals surface area contributed by atoms with Gasteiger partial charge in [-0.3, -0.25) is 0 Å². The van der Waals surface area contributed by atoms with Crippen LogP contribution in [0, 0.1) is 6.92 Å². The van der Waals surface area contributed by atoms with Gasteiger partial charge < -0.3 is 14.8 Å². The number of hydrogen-bond donors (Lipinski definition) is 1. The number of aryl methyl sites for hydroxylation is 1. The van der Waals surface area contributed by atoms with Gasteiger partial charge in [0.05, 0.1) is 12.8 Å². The zero-order valence-electron chi connectivity index (χ0n) is 18.1. The second kappa shape index (κ2) is 7.67. The van der Waals surface area contributed by atoms with Crippen LogP contribution in [0.3, 0.4) is 0 Å². The molecule has 6 nitrogen and oxygen atoms in total.